The third kappa shape index (κ3) is 4.47. The van der Waals surface area contributed by atoms with E-state index in [9.17, 15) is 9.59 Å². The molecule has 1 N–H and O–H groups in total. The molecule has 30 heavy (non-hydrogen) atoms. The molecule has 1 aliphatic heterocycles. The Labute approximate surface area is 190 Å². The first-order valence-electron chi connectivity index (χ1n) is 10.8. The molecule has 0 unspecified atom stereocenters. The molecule has 1 spiro atoms. The van der Waals surface area contributed by atoms with Crippen molar-refractivity contribution < 1.29 is 24.1 Å². The van der Waals surface area contributed by atoms with E-state index in [1.54, 1.807) is 6.07 Å². The fourth-order valence-electron chi connectivity index (χ4n) is 5.49. The summed E-state index contributed by atoms with van der Waals surface area (Å²) in [6.07, 6.45) is 9.47. The maximum Gasteiger partial charge on any atom is 0.350 e. The second kappa shape index (κ2) is 8.88. The molecule has 2 aliphatic carbocycles. The number of esters is 1. The SMILES string of the molecule is COC(=O)c1sc(Br)cc1NC(=O)C1CCC(C)(C2CCC3(CCOO3)CC2)CC1. The van der Waals surface area contributed by atoms with Crippen LogP contribution in [0.15, 0.2) is 9.85 Å². The molecule has 3 aliphatic rings. The molecule has 3 fully saturated rings. The van der Waals surface area contributed by atoms with Crippen molar-refractivity contribution in [1.82, 2.24) is 0 Å². The van der Waals surface area contributed by atoms with Crippen molar-refractivity contribution in [3.63, 3.8) is 0 Å². The molecule has 1 amide bonds. The first-order chi connectivity index (χ1) is 14.3. The van der Waals surface area contributed by atoms with E-state index in [4.69, 9.17) is 14.5 Å². The van der Waals surface area contributed by atoms with E-state index in [0.29, 0.717) is 21.9 Å². The molecule has 0 atom stereocenters. The van der Waals surface area contributed by atoms with Gasteiger partial charge in [0.05, 0.1) is 23.2 Å². The highest BCUT2D eigenvalue weighted by Crippen LogP contribution is 2.52. The Kier molecular flexibility index (Phi) is 6.59. The van der Waals surface area contributed by atoms with Gasteiger partial charge in [0.15, 0.2) is 0 Å². The minimum absolute atomic E-state index is 0.00612. The number of halogens is 1. The number of methoxy groups -OCH3 is 1. The van der Waals surface area contributed by atoms with Gasteiger partial charge in [-0.3, -0.25) is 4.79 Å². The average Bonchev–Trinajstić information content (AvgIpc) is 3.34. The zero-order valence-corrected chi connectivity index (χ0v) is 20.0. The molecule has 2 heterocycles. The highest BCUT2D eigenvalue weighted by molar-refractivity contribution is 9.11. The van der Waals surface area contributed by atoms with Gasteiger partial charge in [0.25, 0.3) is 0 Å². The van der Waals surface area contributed by atoms with Gasteiger partial charge in [0.2, 0.25) is 5.91 Å². The molecule has 4 rings (SSSR count). The number of hydrogen-bond acceptors (Lipinski definition) is 6. The van der Waals surface area contributed by atoms with Crippen molar-refractivity contribution in [2.45, 2.75) is 70.3 Å². The predicted molar refractivity (Wildman–Crippen MR) is 118 cm³/mol. The van der Waals surface area contributed by atoms with Gasteiger partial charge < -0.3 is 10.1 Å². The maximum absolute atomic E-state index is 12.9. The number of anilines is 1. The van der Waals surface area contributed by atoms with Crippen LogP contribution in [0.2, 0.25) is 0 Å². The summed E-state index contributed by atoms with van der Waals surface area (Å²) < 4.78 is 5.62. The third-order valence-corrected chi connectivity index (χ3v) is 9.21. The molecule has 1 saturated heterocycles. The van der Waals surface area contributed by atoms with Crippen LogP contribution in [0.3, 0.4) is 0 Å². The molecule has 0 aromatic carbocycles. The summed E-state index contributed by atoms with van der Waals surface area (Å²) in [5.74, 6) is 0.259. The van der Waals surface area contributed by atoms with E-state index in [1.165, 1.54) is 31.3 Å². The summed E-state index contributed by atoms with van der Waals surface area (Å²) in [6.45, 7) is 3.12. The van der Waals surface area contributed by atoms with Gasteiger partial charge in [-0.15, -0.1) is 11.3 Å². The second-order valence-electron chi connectivity index (χ2n) is 9.32. The van der Waals surface area contributed by atoms with Gasteiger partial charge in [0.1, 0.15) is 10.5 Å². The summed E-state index contributed by atoms with van der Waals surface area (Å²) in [5.41, 5.74) is 0.796. The third-order valence-electron chi connectivity index (χ3n) is 7.59. The van der Waals surface area contributed by atoms with Crippen molar-refractivity contribution in [3.8, 4) is 0 Å². The highest BCUT2D eigenvalue weighted by Gasteiger charge is 2.46. The topological polar surface area (TPSA) is 73.9 Å². The maximum atomic E-state index is 12.9. The van der Waals surface area contributed by atoms with Crippen LogP contribution in [0.4, 0.5) is 5.69 Å². The van der Waals surface area contributed by atoms with Crippen molar-refractivity contribution in [1.29, 1.82) is 0 Å². The number of hydrogen-bond donors (Lipinski definition) is 1. The molecule has 1 aromatic rings. The molecular weight excluding hydrogens is 470 g/mol. The minimum atomic E-state index is -0.427. The van der Waals surface area contributed by atoms with Crippen LogP contribution >= 0.6 is 27.3 Å². The summed E-state index contributed by atoms with van der Waals surface area (Å²) >= 11 is 4.66. The van der Waals surface area contributed by atoms with Crippen LogP contribution in [-0.2, 0) is 19.3 Å². The summed E-state index contributed by atoms with van der Waals surface area (Å²) in [7, 11) is 1.35. The van der Waals surface area contributed by atoms with Crippen LogP contribution in [0.1, 0.15) is 74.4 Å². The molecule has 0 bridgehead atoms. The van der Waals surface area contributed by atoms with Crippen molar-refractivity contribution >= 4 is 44.8 Å². The predicted octanol–water partition coefficient (Wildman–Crippen LogP) is 5.71. The van der Waals surface area contributed by atoms with E-state index in [1.807, 2.05) is 0 Å². The zero-order valence-electron chi connectivity index (χ0n) is 17.6. The molecule has 166 valence electrons. The van der Waals surface area contributed by atoms with E-state index in [2.05, 4.69) is 28.2 Å². The summed E-state index contributed by atoms with van der Waals surface area (Å²) in [4.78, 5) is 36.1. The van der Waals surface area contributed by atoms with Crippen LogP contribution < -0.4 is 5.32 Å². The monoisotopic (exact) mass is 499 g/mol. The summed E-state index contributed by atoms with van der Waals surface area (Å²) in [5, 5.41) is 2.97. The number of rotatable bonds is 4. The van der Waals surface area contributed by atoms with E-state index >= 15 is 0 Å². The Morgan fingerprint density at radius 2 is 1.87 bits per heavy atom. The van der Waals surface area contributed by atoms with Crippen molar-refractivity contribution in [3.05, 3.63) is 14.7 Å². The number of ether oxygens (including phenoxy) is 1. The molecule has 6 nitrogen and oxygen atoms in total. The first-order valence-corrected chi connectivity index (χ1v) is 12.4. The van der Waals surface area contributed by atoms with Gasteiger partial charge >= 0.3 is 5.97 Å². The number of amides is 1. The average molecular weight is 500 g/mol. The number of carbonyl (C=O) groups is 2. The molecule has 2 saturated carbocycles. The standard InChI is InChI=1S/C22H30BrNO5S/c1-21(15-5-9-22(10-6-15)11-12-28-29-22)7-3-14(4-8-21)19(25)24-16-13-17(23)30-18(16)20(26)27-2/h13-15H,3-12H2,1-2H3,(H,24,25). The van der Waals surface area contributed by atoms with Gasteiger partial charge in [-0.1, -0.05) is 6.92 Å². The van der Waals surface area contributed by atoms with Crippen LogP contribution in [-0.4, -0.2) is 31.2 Å². The Balaban J connectivity index is 1.32. The Bertz CT molecular complexity index is 785. The Hall–Kier alpha value is -0.960. The van der Waals surface area contributed by atoms with Gasteiger partial charge in [-0.05, 0) is 84.7 Å². The Morgan fingerprint density at radius 3 is 2.47 bits per heavy atom. The second-order valence-corrected chi connectivity index (χ2v) is 11.7. The highest BCUT2D eigenvalue weighted by atomic mass is 79.9. The van der Waals surface area contributed by atoms with Crippen molar-refractivity contribution in [2.75, 3.05) is 19.0 Å². The van der Waals surface area contributed by atoms with Gasteiger partial charge in [-0.2, -0.15) is 0 Å². The Morgan fingerprint density at radius 1 is 1.17 bits per heavy atom. The zero-order chi connectivity index (χ0) is 21.4. The van der Waals surface area contributed by atoms with Crippen LogP contribution in [0.25, 0.3) is 0 Å². The summed E-state index contributed by atoms with van der Waals surface area (Å²) in [6, 6.07) is 1.77. The number of thiophene rings is 1. The quantitative estimate of drug-likeness (QED) is 0.423. The molecule has 1 aromatic heterocycles. The normalized spacial score (nSPS) is 34.1. The fourth-order valence-corrected chi connectivity index (χ4v) is 6.96. The number of carbonyl (C=O) groups excluding carboxylic acids is 2. The van der Waals surface area contributed by atoms with Gasteiger partial charge in [-0.25, -0.2) is 14.6 Å². The largest absolute Gasteiger partial charge is 0.465 e. The van der Waals surface area contributed by atoms with E-state index in [0.717, 1.165) is 55.3 Å². The lowest BCUT2D eigenvalue weighted by Gasteiger charge is -2.47. The molecule has 0 radical (unpaired) electrons. The van der Waals surface area contributed by atoms with Gasteiger partial charge in [0, 0.05) is 12.3 Å². The van der Waals surface area contributed by atoms with Crippen LogP contribution in [0, 0.1) is 17.3 Å². The first kappa shape index (κ1) is 22.2. The number of nitrogens with one attached hydrogen (secondary N) is 1. The molecule has 8 heteroatoms. The minimum Gasteiger partial charge on any atom is -0.465 e. The fraction of sp³-hybridized carbons (Fsp3) is 0.727. The molecular formula is C22H30BrNO5S. The van der Waals surface area contributed by atoms with Crippen LogP contribution in [0.5, 0.6) is 0 Å². The smallest absolute Gasteiger partial charge is 0.350 e. The lowest BCUT2D eigenvalue weighted by atomic mass is 9.59. The van der Waals surface area contributed by atoms with E-state index in [-0.39, 0.29) is 17.4 Å². The lowest BCUT2D eigenvalue weighted by molar-refractivity contribution is -0.316. The lowest BCUT2D eigenvalue weighted by Crippen LogP contribution is -2.41. The van der Waals surface area contributed by atoms with E-state index < -0.39 is 5.97 Å². The van der Waals surface area contributed by atoms with Crippen molar-refractivity contribution in [2.24, 2.45) is 17.3 Å².